The predicted molar refractivity (Wildman–Crippen MR) is 209 cm³/mol. The number of ether oxygens (including phenoxy) is 2. The lowest BCUT2D eigenvalue weighted by Gasteiger charge is -2.36. The van der Waals surface area contributed by atoms with Crippen LogP contribution in [0, 0.1) is 11.6 Å². The molecular weight excluding hydrogens is 769 g/mol. The summed E-state index contributed by atoms with van der Waals surface area (Å²) >= 11 is 0.671. The third-order valence-electron chi connectivity index (χ3n) is 8.29. The highest BCUT2D eigenvalue weighted by atomic mass is 32.2. The van der Waals surface area contributed by atoms with E-state index in [1.807, 2.05) is 4.90 Å². The molecule has 5 aromatic rings. The van der Waals surface area contributed by atoms with Gasteiger partial charge in [0.1, 0.15) is 32.8 Å². The number of aromatic nitrogens is 3. The molecule has 0 aliphatic carbocycles. The van der Waals surface area contributed by atoms with E-state index in [9.17, 15) is 31.6 Å². The molecule has 6 rings (SSSR count). The number of anilines is 3. The number of benzene rings is 2. The molecule has 3 amide bonds. The number of nitrogens with zero attached hydrogens (tertiary/aromatic N) is 4. The summed E-state index contributed by atoms with van der Waals surface area (Å²) in [5.74, 6) is -2.74. The first-order chi connectivity index (χ1) is 26.3. The molecule has 0 radical (unpaired) electrons. The second-order valence-electron chi connectivity index (χ2n) is 15.0. The molecule has 1 saturated heterocycles. The Balaban J connectivity index is 1.43. The van der Waals surface area contributed by atoms with Gasteiger partial charge in [-0.15, -0.1) is 0 Å². The van der Waals surface area contributed by atoms with Crippen molar-refractivity contribution < 1.29 is 41.1 Å². The number of hydrogen-bond acceptors (Lipinski definition) is 11. The monoisotopic (exact) mass is 809 g/mol. The normalized spacial score (nSPS) is 15.0. The number of carbonyl (C=O) groups is 3. The summed E-state index contributed by atoms with van der Waals surface area (Å²) in [6, 6.07) is 12.3. The highest BCUT2D eigenvalue weighted by molar-refractivity contribution is 7.90. The number of nitrogens with one attached hydrogen (secondary N) is 3. The van der Waals surface area contributed by atoms with E-state index in [4.69, 9.17) is 9.47 Å². The van der Waals surface area contributed by atoms with Crippen molar-refractivity contribution in [2.24, 2.45) is 0 Å². The lowest BCUT2D eigenvalue weighted by atomic mass is 10.0. The molecule has 56 heavy (non-hydrogen) atoms. The van der Waals surface area contributed by atoms with Crippen molar-refractivity contribution in [3.05, 3.63) is 84.3 Å². The molecular formula is C38H41F2N7O7S2. The van der Waals surface area contributed by atoms with Gasteiger partial charge in [-0.25, -0.2) is 40.7 Å². The first kappa shape index (κ1) is 40.1. The zero-order chi connectivity index (χ0) is 40.6. The standard InChI is InChI=1S/C38H41F2N7O7S2/c1-37(2,3)53-35(49)42-22-12-11-18-46(21-22)30-24-17-19-47(56(51,52)23-13-8-7-9-14-23)31(24)41-20-27(30)43-32(48)29-34(45-36(50)54-38(4,5)6)55-33(44-29)28-25(39)15-10-16-26(28)40/h7-10,13-17,19-20,22H,11-12,18,21H2,1-6H3,(H,42,49)(H,43,48)(H,45,50)/t22-/m0/s1. The molecule has 3 aromatic heterocycles. The SMILES string of the molecule is CC(C)(C)OC(=O)Nc1sc(-c2c(F)cccc2F)nc1C(=O)Nc1cnc2c(ccn2S(=O)(=O)c2ccccc2)c1N1CCC[C@H](NC(=O)OC(C)(C)C)C1. The maximum absolute atomic E-state index is 14.9. The van der Waals surface area contributed by atoms with Crippen molar-refractivity contribution in [2.75, 3.05) is 28.6 Å². The number of thiazole rings is 1. The van der Waals surface area contributed by atoms with Crippen molar-refractivity contribution in [2.45, 2.75) is 76.5 Å². The second-order valence-corrected chi connectivity index (χ2v) is 17.8. The largest absolute Gasteiger partial charge is 0.444 e. The van der Waals surface area contributed by atoms with Crippen LogP contribution in [0.1, 0.15) is 64.9 Å². The minimum absolute atomic E-state index is 0.0356. The number of pyridine rings is 1. The van der Waals surface area contributed by atoms with Gasteiger partial charge >= 0.3 is 12.2 Å². The molecule has 1 fully saturated rings. The van der Waals surface area contributed by atoms with Crippen molar-refractivity contribution in [3.63, 3.8) is 0 Å². The molecule has 296 valence electrons. The van der Waals surface area contributed by atoms with Crippen molar-refractivity contribution in [3.8, 4) is 10.6 Å². The molecule has 14 nitrogen and oxygen atoms in total. The predicted octanol–water partition coefficient (Wildman–Crippen LogP) is 7.77. The first-order valence-corrected chi connectivity index (χ1v) is 19.9. The van der Waals surface area contributed by atoms with Crippen molar-refractivity contribution in [1.82, 2.24) is 19.3 Å². The first-order valence-electron chi connectivity index (χ1n) is 17.6. The number of alkyl carbamates (subject to hydrolysis) is 1. The van der Waals surface area contributed by atoms with Crippen LogP contribution in [0.4, 0.5) is 34.7 Å². The Kier molecular flexibility index (Phi) is 11.1. The fourth-order valence-corrected chi connectivity index (χ4v) is 8.42. The fourth-order valence-electron chi connectivity index (χ4n) is 6.10. The zero-order valence-corrected chi connectivity index (χ0v) is 33.1. The fraction of sp³-hybridized carbons (Fsp3) is 0.342. The zero-order valence-electron chi connectivity index (χ0n) is 31.5. The van der Waals surface area contributed by atoms with E-state index in [-0.39, 0.29) is 44.5 Å². The van der Waals surface area contributed by atoms with Gasteiger partial charge in [0.2, 0.25) is 0 Å². The quantitative estimate of drug-likeness (QED) is 0.141. The van der Waals surface area contributed by atoms with Crippen LogP contribution in [-0.2, 0) is 19.5 Å². The van der Waals surface area contributed by atoms with Crippen LogP contribution < -0.4 is 20.9 Å². The molecule has 3 N–H and O–H groups in total. The van der Waals surface area contributed by atoms with Gasteiger partial charge in [0.25, 0.3) is 15.9 Å². The summed E-state index contributed by atoms with van der Waals surface area (Å²) in [7, 11) is -4.10. The molecule has 0 bridgehead atoms. The molecule has 4 heterocycles. The number of rotatable bonds is 8. The van der Waals surface area contributed by atoms with Gasteiger partial charge in [0.05, 0.1) is 28.0 Å². The van der Waals surface area contributed by atoms with Crippen LogP contribution in [0.5, 0.6) is 0 Å². The molecule has 0 spiro atoms. The third kappa shape index (κ3) is 8.91. The maximum Gasteiger partial charge on any atom is 0.412 e. The second kappa shape index (κ2) is 15.5. The Morgan fingerprint density at radius 1 is 0.893 bits per heavy atom. The van der Waals surface area contributed by atoms with Gasteiger partial charge in [0, 0.05) is 30.7 Å². The van der Waals surface area contributed by atoms with Crippen LogP contribution in [0.2, 0.25) is 0 Å². The van der Waals surface area contributed by atoms with Gasteiger partial charge in [-0.1, -0.05) is 35.6 Å². The Hall–Kier alpha value is -5.62. The number of piperidine rings is 1. The number of hydrogen-bond donors (Lipinski definition) is 3. The van der Waals surface area contributed by atoms with Crippen LogP contribution in [0.15, 0.2) is 71.9 Å². The van der Waals surface area contributed by atoms with E-state index in [0.29, 0.717) is 41.8 Å². The molecule has 2 aromatic carbocycles. The number of halogens is 2. The Labute approximate surface area is 326 Å². The average Bonchev–Trinajstić information content (AvgIpc) is 3.72. The van der Waals surface area contributed by atoms with Crippen LogP contribution in [0.3, 0.4) is 0 Å². The Morgan fingerprint density at radius 3 is 2.21 bits per heavy atom. The smallest absolute Gasteiger partial charge is 0.412 e. The molecule has 0 saturated carbocycles. The van der Waals surface area contributed by atoms with Gasteiger partial charge in [0.15, 0.2) is 11.3 Å². The van der Waals surface area contributed by atoms with E-state index >= 15 is 0 Å². The van der Waals surface area contributed by atoms with Gasteiger partial charge in [-0.3, -0.25) is 10.1 Å². The van der Waals surface area contributed by atoms with Crippen LogP contribution in [0.25, 0.3) is 21.6 Å². The maximum atomic E-state index is 14.9. The molecule has 0 unspecified atom stereocenters. The van der Waals surface area contributed by atoms with Gasteiger partial charge < -0.3 is 25.0 Å². The molecule has 18 heteroatoms. The van der Waals surface area contributed by atoms with E-state index in [1.165, 1.54) is 30.6 Å². The van der Waals surface area contributed by atoms with Gasteiger partial charge in [-0.05, 0) is 84.7 Å². The summed E-state index contributed by atoms with van der Waals surface area (Å²) < 4.78 is 69.3. The highest BCUT2D eigenvalue weighted by Gasteiger charge is 2.31. The topological polar surface area (TPSA) is 174 Å². The Morgan fingerprint density at radius 2 is 1.55 bits per heavy atom. The molecule has 1 atom stereocenters. The molecule has 1 aliphatic heterocycles. The average molecular weight is 810 g/mol. The Bertz CT molecular complexity index is 2390. The third-order valence-corrected chi connectivity index (χ3v) is 11.0. The van der Waals surface area contributed by atoms with E-state index in [1.54, 1.807) is 65.8 Å². The summed E-state index contributed by atoms with van der Waals surface area (Å²) in [5, 5.41) is 8.17. The van der Waals surface area contributed by atoms with Crippen molar-refractivity contribution >= 4 is 66.9 Å². The number of fused-ring (bicyclic) bond motifs is 1. The lowest BCUT2D eigenvalue weighted by Crippen LogP contribution is -2.49. The molecule has 1 aliphatic rings. The van der Waals surface area contributed by atoms with Gasteiger partial charge in [-0.2, -0.15) is 0 Å². The summed E-state index contributed by atoms with van der Waals surface area (Å²) in [6.45, 7) is 10.9. The van der Waals surface area contributed by atoms with Crippen molar-refractivity contribution in [1.29, 1.82) is 0 Å². The number of carbonyl (C=O) groups excluding carboxylic acids is 3. The van der Waals surface area contributed by atoms with Crippen LogP contribution in [-0.4, -0.2) is 70.8 Å². The van der Waals surface area contributed by atoms with Crippen LogP contribution >= 0.6 is 11.3 Å². The summed E-state index contributed by atoms with van der Waals surface area (Å²) in [4.78, 5) is 50.5. The lowest BCUT2D eigenvalue weighted by molar-refractivity contribution is 0.0499. The minimum Gasteiger partial charge on any atom is -0.444 e. The minimum atomic E-state index is -4.10. The summed E-state index contributed by atoms with van der Waals surface area (Å²) in [6.07, 6.45) is 2.35. The highest BCUT2D eigenvalue weighted by Crippen LogP contribution is 2.39. The number of amides is 3. The van der Waals surface area contributed by atoms with E-state index in [0.717, 1.165) is 16.1 Å². The van der Waals surface area contributed by atoms with E-state index in [2.05, 4.69) is 25.9 Å². The van der Waals surface area contributed by atoms with E-state index < -0.39 is 56.5 Å². The summed E-state index contributed by atoms with van der Waals surface area (Å²) in [5.41, 5.74) is -1.93.